The quantitative estimate of drug-likeness (QED) is 0.858. The fourth-order valence-electron chi connectivity index (χ4n) is 3.71. The lowest BCUT2D eigenvalue weighted by molar-refractivity contribution is 0.176. The minimum Gasteiger partial charge on any atom is -0.310 e. The summed E-state index contributed by atoms with van der Waals surface area (Å²) in [6.07, 6.45) is 9.14. The van der Waals surface area contributed by atoms with Crippen LogP contribution in [0.5, 0.6) is 0 Å². The zero-order valence-electron chi connectivity index (χ0n) is 12.6. The summed E-state index contributed by atoms with van der Waals surface area (Å²) < 4.78 is 0. The number of rotatable bonds is 5. The molecule has 0 aliphatic heterocycles. The highest BCUT2D eigenvalue weighted by Gasteiger charge is 2.30. The summed E-state index contributed by atoms with van der Waals surface area (Å²) in [5, 5.41) is 3.77. The van der Waals surface area contributed by atoms with E-state index in [0.29, 0.717) is 6.04 Å². The van der Waals surface area contributed by atoms with E-state index >= 15 is 0 Å². The summed E-state index contributed by atoms with van der Waals surface area (Å²) in [6.45, 7) is 8.16. The molecule has 0 bridgehead atoms. The van der Waals surface area contributed by atoms with Crippen molar-refractivity contribution < 1.29 is 0 Å². The van der Waals surface area contributed by atoms with Gasteiger partial charge in [-0.15, -0.1) is 0 Å². The Labute approximate surface area is 118 Å². The van der Waals surface area contributed by atoms with Crippen LogP contribution in [0.15, 0.2) is 24.5 Å². The fourth-order valence-corrected chi connectivity index (χ4v) is 3.71. The van der Waals surface area contributed by atoms with Gasteiger partial charge >= 0.3 is 0 Å². The van der Waals surface area contributed by atoms with Crippen LogP contribution in [0.1, 0.15) is 58.1 Å². The Bertz CT molecular complexity index is 353. The third kappa shape index (κ3) is 4.04. The van der Waals surface area contributed by atoms with Crippen molar-refractivity contribution in [2.75, 3.05) is 6.54 Å². The second-order valence-electron chi connectivity index (χ2n) is 6.39. The molecule has 0 spiro atoms. The van der Waals surface area contributed by atoms with Crippen molar-refractivity contribution in [1.29, 1.82) is 0 Å². The maximum Gasteiger partial charge on any atom is 0.0349 e. The molecule has 0 amide bonds. The molecule has 1 N–H and O–H groups in total. The van der Waals surface area contributed by atoms with Gasteiger partial charge in [-0.05, 0) is 67.7 Å². The summed E-state index contributed by atoms with van der Waals surface area (Å²) in [7, 11) is 0. The Kier molecular flexibility index (Phi) is 5.38. The first-order valence-corrected chi connectivity index (χ1v) is 7.84. The van der Waals surface area contributed by atoms with E-state index in [9.17, 15) is 0 Å². The molecule has 1 aromatic rings. The minimum absolute atomic E-state index is 0.508. The molecule has 2 heteroatoms. The third-order valence-corrected chi connectivity index (χ3v) is 4.37. The highest BCUT2D eigenvalue weighted by atomic mass is 14.9. The van der Waals surface area contributed by atoms with E-state index in [1.54, 1.807) is 0 Å². The van der Waals surface area contributed by atoms with Gasteiger partial charge in [0.15, 0.2) is 0 Å². The predicted molar refractivity (Wildman–Crippen MR) is 80.9 cm³/mol. The summed E-state index contributed by atoms with van der Waals surface area (Å²) in [6, 6.07) is 4.86. The van der Waals surface area contributed by atoms with Crippen molar-refractivity contribution >= 4 is 0 Å². The van der Waals surface area contributed by atoms with Crippen molar-refractivity contribution in [1.82, 2.24) is 10.3 Å². The average Bonchev–Trinajstić information content (AvgIpc) is 2.39. The van der Waals surface area contributed by atoms with Gasteiger partial charge in [0.25, 0.3) is 0 Å². The molecule has 1 aliphatic rings. The maximum atomic E-state index is 4.16. The van der Waals surface area contributed by atoms with Gasteiger partial charge in [0.05, 0.1) is 0 Å². The van der Waals surface area contributed by atoms with E-state index in [4.69, 9.17) is 0 Å². The zero-order valence-corrected chi connectivity index (χ0v) is 12.6. The smallest absolute Gasteiger partial charge is 0.0349 e. The molecule has 0 radical (unpaired) electrons. The Morgan fingerprint density at radius 1 is 1.16 bits per heavy atom. The molecular formula is C17H28N2. The molecule has 2 rings (SSSR count). The lowest BCUT2D eigenvalue weighted by atomic mass is 9.72. The maximum absolute atomic E-state index is 4.16. The van der Waals surface area contributed by atoms with E-state index in [1.807, 2.05) is 12.4 Å². The van der Waals surface area contributed by atoms with Crippen LogP contribution in [-0.2, 0) is 0 Å². The van der Waals surface area contributed by atoms with Crippen LogP contribution >= 0.6 is 0 Å². The van der Waals surface area contributed by atoms with Crippen LogP contribution in [0.4, 0.5) is 0 Å². The number of nitrogens with one attached hydrogen (secondary N) is 1. The second kappa shape index (κ2) is 7.04. The van der Waals surface area contributed by atoms with Gasteiger partial charge in [-0.3, -0.25) is 4.98 Å². The molecule has 1 fully saturated rings. The minimum atomic E-state index is 0.508. The molecule has 0 saturated heterocycles. The molecular weight excluding hydrogens is 232 g/mol. The normalized spacial score (nSPS) is 29.1. The molecule has 1 heterocycles. The largest absolute Gasteiger partial charge is 0.310 e. The van der Waals surface area contributed by atoms with E-state index in [1.165, 1.54) is 31.2 Å². The number of hydrogen-bond acceptors (Lipinski definition) is 2. The Hall–Kier alpha value is -0.890. The predicted octanol–water partition coefficient (Wildman–Crippen LogP) is 4.19. The number of aromatic nitrogens is 1. The van der Waals surface area contributed by atoms with E-state index < -0.39 is 0 Å². The van der Waals surface area contributed by atoms with Crippen LogP contribution in [0.3, 0.4) is 0 Å². The molecule has 106 valence electrons. The molecule has 1 aliphatic carbocycles. The first-order valence-electron chi connectivity index (χ1n) is 7.84. The van der Waals surface area contributed by atoms with Crippen LogP contribution in [0, 0.1) is 17.8 Å². The van der Waals surface area contributed by atoms with Crippen LogP contribution in [0.2, 0.25) is 0 Å². The van der Waals surface area contributed by atoms with Crippen molar-refractivity contribution in [2.45, 2.75) is 52.5 Å². The highest BCUT2D eigenvalue weighted by molar-refractivity contribution is 5.16. The number of hydrogen-bond donors (Lipinski definition) is 1. The zero-order chi connectivity index (χ0) is 13.7. The van der Waals surface area contributed by atoms with Gasteiger partial charge < -0.3 is 5.32 Å². The van der Waals surface area contributed by atoms with Gasteiger partial charge in [-0.25, -0.2) is 0 Å². The molecule has 3 atom stereocenters. The van der Waals surface area contributed by atoms with Crippen molar-refractivity contribution in [3.63, 3.8) is 0 Å². The number of pyridine rings is 1. The third-order valence-electron chi connectivity index (χ3n) is 4.37. The number of nitrogens with zero attached hydrogens (tertiary/aromatic N) is 1. The van der Waals surface area contributed by atoms with Crippen LogP contribution < -0.4 is 5.32 Å². The highest BCUT2D eigenvalue weighted by Crippen LogP contribution is 2.39. The Balaban J connectivity index is 2.12. The van der Waals surface area contributed by atoms with Gasteiger partial charge in [-0.1, -0.05) is 20.8 Å². The monoisotopic (exact) mass is 260 g/mol. The Morgan fingerprint density at radius 2 is 1.79 bits per heavy atom. The molecule has 3 unspecified atom stereocenters. The molecule has 2 nitrogen and oxygen atoms in total. The van der Waals surface area contributed by atoms with Crippen LogP contribution in [-0.4, -0.2) is 11.5 Å². The lowest BCUT2D eigenvalue weighted by Gasteiger charge is -2.37. The van der Waals surface area contributed by atoms with Crippen molar-refractivity contribution in [2.24, 2.45) is 17.8 Å². The van der Waals surface area contributed by atoms with Crippen molar-refractivity contribution in [3.8, 4) is 0 Å². The molecule has 0 aromatic carbocycles. The summed E-state index contributed by atoms with van der Waals surface area (Å²) in [4.78, 5) is 4.16. The average molecular weight is 260 g/mol. The van der Waals surface area contributed by atoms with E-state index in [2.05, 4.69) is 43.2 Å². The standard InChI is InChI=1S/C17H28N2/c1-4-7-19-17(15-5-8-18-9-6-15)16-11-13(2)10-14(3)12-16/h5-6,8-9,13-14,16-17,19H,4,7,10-12H2,1-3H3. The Morgan fingerprint density at radius 3 is 2.37 bits per heavy atom. The second-order valence-corrected chi connectivity index (χ2v) is 6.39. The summed E-state index contributed by atoms with van der Waals surface area (Å²) >= 11 is 0. The topological polar surface area (TPSA) is 24.9 Å². The van der Waals surface area contributed by atoms with Crippen LogP contribution in [0.25, 0.3) is 0 Å². The molecule has 1 aromatic heterocycles. The first-order chi connectivity index (χ1) is 9.20. The lowest BCUT2D eigenvalue weighted by Crippen LogP contribution is -2.33. The first kappa shape index (κ1) is 14.5. The van der Waals surface area contributed by atoms with Gasteiger partial charge in [0.1, 0.15) is 0 Å². The van der Waals surface area contributed by atoms with Crippen molar-refractivity contribution in [3.05, 3.63) is 30.1 Å². The fraction of sp³-hybridized carbons (Fsp3) is 0.706. The van der Waals surface area contributed by atoms with E-state index in [0.717, 1.165) is 24.3 Å². The van der Waals surface area contributed by atoms with E-state index in [-0.39, 0.29) is 0 Å². The summed E-state index contributed by atoms with van der Waals surface area (Å²) in [5.41, 5.74) is 1.41. The molecule has 1 saturated carbocycles. The van der Waals surface area contributed by atoms with Gasteiger partial charge in [0.2, 0.25) is 0 Å². The molecule has 19 heavy (non-hydrogen) atoms. The van der Waals surface area contributed by atoms with Gasteiger partial charge in [0, 0.05) is 18.4 Å². The summed E-state index contributed by atoms with van der Waals surface area (Å²) in [5.74, 6) is 2.50. The van der Waals surface area contributed by atoms with Gasteiger partial charge in [-0.2, -0.15) is 0 Å². The SMILES string of the molecule is CCCNC(c1ccncc1)C1CC(C)CC(C)C1.